The third-order valence-corrected chi connectivity index (χ3v) is 5.55. The Balaban J connectivity index is 0.000000203. The zero-order chi connectivity index (χ0) is 24.0. The Kier molecular flexibility index (Phi) is 8.29. The van der Waals surface area contributed by atoms with Crippen molar-refractivity contribution in [3.8, 4) is 0 Å². The molecule has 0 saturated carbocycles. The number of carboxylic acids is 1. The molecule has 0 saturated heterocycles. The summed E-state index contributed by atoms with van der Waals surface area (Å²) in [4.78, 5) is 39.5. The summed E-state index contributed by atoms with van der Waals surface area (Å²) in [5, 5.41) is 13.2. The highest BCUT2D eigenvalue weighted by Crippen LogP contribution is 2.21. The minimum atomic E-state index is -0.938. The molecular formula is C23H21Br2N3O5. The van der Waals surface area contributed by atoms with Gasteiger partial charge in [-0.2, -0.15) is 0 Å². The van der Waals surface area contributed by atoms with Gasteiger partial charge in [-0.05, 0) is 55.5 Å². The third kappa shape index (κ3) is 6.69. The Hall–Kier alpha value is -3.11. The predicted octanol–water partition coefficient (Wildman–Crippen LogP) is 5.24. The van der Waals surface area contributed by atoms with Gasteiger partial charge >= 0.3 is 11.9 Å². The number of aromatic amines is 2. The van der Waals surface area contributed by atoms with E-state index in [4.69, 9.17) is 9.84 Å². The van der Waals surface area contributed by atoms with Crippen LogP contribution in [0, 0.1) is 0 Å². The van der Waals surface area contributed by atoms with Crippen LogP contribution in [0.15, 0.2) is 57.5 Å². The first-order chi connectivity index (χ1) is 15.8. The van der Waals surface area contributed by atoms with Gasteiger partial charge in [-0.25, -0.2) is 4.79 Å². The number of carbonyl (C=O) groups excluding carboxylic acids is 2. The Labute approximate surface area is 206 Å². The summed E-state index contributed by atoms with van der Waals surface area (Å²) in [7, 11) is 0. The Morgan fingerprint density at radius 1 is 0.909 bits per heavy atom. The fourth-order valence-electron chi connectivity index (χ4n) is 3.05. The molecule has 10 heteroatoms. The molecule has 4 rings (SSSR count). The Morgan fingerprint density at radius 2 is 1.45 bits per heavy atom. The molecule has 0 bridgehead atoms. The number of aromatic carboxylic acids is 1. The van der Waals surface area contributed by atoms with Crippen LogP contribution in [-0.4, -0.2) is 46.1 Å². The van der Waals surface area contributed by atoms with Gasteiger partial charge in [0.15, 0.2) is 0 Å². The lowest BCUT2D eigenvalue weighted by atomic mass is 10.2. The van der Waals surface area contributed by atoms with E-state index in [1.54, 1.807) is 19.1 Å². The number of aromatic nitrogens is 2. The van der Waals surface area contributed by atoms with E-state index in [9.17, 15) is 14.4 Å². The maximum atomic E-state index is 11.9. The number of ether oxygens (including phenoxy) is 1. The molecule has 0 unspecified atom stereocenters. The van der Waals surface area contributed by atoms with E-state index in [0.29, 0.717) is 12.3 Å². The number of hydrogen-bond acceptors (Lipinski definition) is 4. The molecule has 0 aliphatic rings. The van der Waals surface area contributed by atoms with Crippen LogP contribution in [0.4, 0.5) is 0 Å². The van der Waals surface area contributed by atoms with E-state index in [1.165, 1.54) is 0 Å². The van der Waals surface area contributed by atoms with Crippen molar-refractivity contribution in [2.45, 2.75) is 13.3 Å². The molecule has 2 aromatic carbocycles. The topological polar surface area (TPSA) is 124 Å². The summed E-state index contributed by atoms with van der Waals surface area (Å²) in [5.41, 5.74) is 2.42. The van der Waals surface area contributed by atoms with E-state index < -0.39 is 5.97 Å². The minimum Gasteiger partial charge on any atom is -0.477 e. The van der Waals surface area contributed by atoms with Crippen molar-refractivity contribution in [1.29, 1.82) is 0 Å². The molecule has 0 spiro atoms. The third-order valence-electron chi connectivity index (χ3n) is 4.56. The van der Waals surface area contributed by atoms with Crippen LogP contribution in [0.2, 0.25) is 0 Å². The number of carbonyl (C=O) groups is 3. The van der Waals surface area contributed by atoms with Gasteiger partial charge in [-0.15, -0.1) is 0 Å². The number of H-pyrrole nitrogens is 2. The highest BCUT2D eigenvalue weighted by atomic mass is 79.9. The molecular weight excluding hydrogens is 558 g/mol. The number of esters is 1. The van der Waals surface area contributed by atoms with Crippen LogP contribution in [0.5, 0.6) is 0 Å². The van der Waals surface area contributed by atoms with E-state index >= 15 is 0 Å². The summed E-state index contributed by atoms with van der Waals surface area (Å²) in [6.07, 6.45) is 0.172. The van der Waals surface area contributed by atoms with Crippen molar-refractivity contribution in [3.05, 3.63) is 68.9 Å². The van der Waals surface area contributed by atoms with Gasteiger partial charge in [-0.1, -0.05) is 31.9 Å². The molecule has 8 nitrogen and oxygen atoms in total. The summed E-state index contributed by atoms with van der Waals surface area (Å²) < 4.78 is 6.68. The number of halogens is 2. The second kappa shape index (κ2) is 11.2. The van der Waals surface area contributed by atoms with Gasteiger partial charge in [0.05, 0.1) is 13.0 Å². The van der Waals surface area contributed by atoms with Crippen LogP contribution < -0.4 is 5.32 Å². The van der Waals surface area contributed by atoms with Crippen LogP contribution >= 0.6 is 31.9 Å². The lowest BCUT2D eigenvalue weighted by Crippen LogP contribution is -2.26. The standard InChI is InChI=1S/C14H15BrN2O3.C9H6BrNO2/c1-2-20-13(18)5-6-16-14(19)12-8-9-7-10(15)3-4-11(9)17-12;10-6-1-2-7-5(3-6)4-8(11-7)9(12)13/h3-4,7-8,17H,2,5-6H2,1H3,(H,16,19);1-4,11H,(H,12,13). The number of hydrogen-bond donors (Lipinski definition) is 4. The van der Waals surface area contributed by atoms with Crippen LogP contribution in [-0.2, 0) is 9.53 Å². The molecule has 0 fully saturated rings. The van der Waals surface area contributed by atoms with Gasteiger partial charge in [0.2, 0.25) is 0 Å². The number of amides is 1. The average Bonchev–Trinajstić information content (AvgIpc) is 3.38. The second-order valence-electron chi connectivity index (χ2n) is 6.95. The predicted molar refractivity (Wildman–Crippen MR) is 133 cm³/mol. The highest BCUT2D eigenvalue weighted by molar-refractivity contribution is 9.10. The van der Waals surface area contributed by atoms with Crippen molar-refractivity contribution in [1.82, 2.24) is 15.3 Å². The van der Waals surface area contributed by atoms with E-state index in [0.717, 1.165) is 30.8 Å². The summed E-state index contributed by atoms with van der Waals surface area (Å²) in [6.45, 7) is 2.36. The first-order valence-corrected chi connectivity index (χ1v) is 11.6. The number of nitrogens with one attached hydrogen (secondary N) is 3. The second-order valence-corrected chi connectivity index (χ2v) is 8.78. The average molecular weight is 579 g/mol. The molecule has 4 N–H and O–H groups in total. The van der Waals surface area contributed by atoms with E-state index in [1.807, 2.05) is 36.4 Å². The molecule has 2 aromatic heterocycles. The molecule has 0 atom stereocenters. The minimum absolute atomic E-state index is 0.172. The van der Waals surface area contributed by atoms with Crippen molar-refractivity contribution < 1.29 is 24.2 Å². The smallest absolute Gasteiger partial charge is 0.352 e. The first kappa shape index (κ1) is 24.5. The highest BCUT2D eigenvalue weighted by Gasteiger charge is 2.10. The Bertz CT molecular complexity index is 1310. The van der Waals surface area contributed by atoms with E-state index in [2.05, 4.69) is 47.1 Å². The number of rotatable bonds is 6. The summed E-state index contributed by atoms with van der Waals surface area (Å²) in [6, 6.07) is 14.7. The monoisotopic (exact) mass is 577 g/mol. The molecule has 2 heterocycles. The van der Waals surface area contributed by atoms with Gasteiger partial charge in [0, 0.05) is 37.3 Å². The molecule has 0 aliphatic carbocycles. The van der Waals surface area contributed by atoms with Crippen molar-refractivity contribution in [2.75, 3.05) is 13.2 Å². The largest absolute Gasteiger partial charge is 0.477 e. The quantitative estimate of drug-likeness (QED) is 0.233. The van der Waals surface area contributed by atoms with Gasteiger partial charge in [0.1, 0.15) is 11.4 Å². The van der Waals surface area contributed by atoms with Crippen LogP contribution in [0.1, 0.15) is 34.3 Å². The Morgan fingerprint density at radius 3 is 2.00 bits per heavy atom. The van der Waals surface area contributed by atoms with Crippen LogP contribution in [0.25, 0.3) is 21.8 Å². The van der Waals surface area contributed by atoms with Crippen molar-refractivity contribution in [2.24, 2.45) is 0 Å². The fraction of sp³-hybridized carbons (Fsp3) is 0.174. The fourth-order valence-corrected chi connectivity index (χ4v) is 3.81. The zero-order valence-electron chi connectivity index (χ0n) is 17.6. The summed E-state index contributed by atoms with van der Waals surface area (Å²) in [5.74, 6) is -1.48. The molecule has 1 amide bonds. The molecule has 172 valence electrons. The summed E-state index contributed by atoms with van der Waals surface area (Å²) >= 11 is 6.70. The van der Waals surface area contributed by atoms with Gasteiger partial charge < -0.3 is 25.1 Å². The number of carboxylic acid groups (broad SMARTS) is 1. The SMILES string of the molecule is CCOC(=O)CCNC(=O)c1cc2cc(Br)ccc2[nH]1.O=C(O)c1cc2cc(Br)ccc2[nH]1. The maximum absolute atomic E-state index is 11.9. The van der Waals surface area contributed by atoms with Crippen molar-refractivity contribution in [3.63, 3.8) is 0 Å². The van der Waals surface area contributed by atoms with Gasteiger partial charge in [0.25, 0.3) is 5.91 Å². The first-order valence-electron chi connectivity index (χ1n) is 10.0. The number of fused-ring (bicyclic) bond motifs is 2. The molecule has 33 heavy (non-hydrogen) atoms. The normalized spacial score (nSPS) is 10.5. The van der Waals surface area contributed by atoms with Crippen LogP contribution in [0.3, 0.4) is 0 Å². The lowest BCUT2D eigenvalue weighted by Gasteiger charge is -2.03. The van der Waals surface area contributed by atoms with E-state index in [-0.39, 0.29) is 30.5 Å². The molecule has 0 radical (unpaired) electrons. The molecule has 0 aliphatic heterocycles. The zero-order valence-corrected chi connectivity index (χ0v) is 20.7. The number of benzene rings is 2. The van der Waals surface area contributed by atoms with Crippen molar-refractivity contribution >= 4 is 71.5 Å². The maximum Gasteiger partial charge on any atom is 0.352 e. The van der Waals surface area contributed by atoms with Gasteiger partial charge in [-0.3, -0.25) is 9.59 Å². The molecule has 4 aromatic rings. The lowest BCUT2D eigenvalue weighted by molar-refractivity contribution is -0.142.